The molecule has 0 aromatic heterocycles. The van der Waals surface area contributed by atoms with Crippen LogP contribution in [-0.4, -0.2) is 13.9 Å². The number of unbranched alkanes of at least 4 members (excludes halogenated alkanes) is 6. The number of rotatable bonds is 9. The van der Waals surface area contributed by atoms with E-state index < -0.39 is 20.3 Å². The molecule has 0 aliphatic carbocycles. The summed E-state index contributed by atoms with van der Waals surface area (Å²) in [5.41, 5.74) is -5.22. The predicted molar refractivity (Wildman–Crippen MR) is 66.7 cm³/mol. The maximum atomic E-state index is 12.1. The first-order valence-corrected chi connectivity index (χ1v) is 7.71. The lowest BCUT2D eigenvalue weighted by atomic mass is 10.1. The van der Waals surface area contributed by atoms with Gasteiger partial charge in [0.15, 0.2) is 0 Å². The Labute approximate surface area is 107 Å². The van der Waals surface area contributed by atoms with Gasteiger partial charge >= 0.3 is 5.51 Å². The second kappa shape index (κ2) is 7.81. The average molecular weight is 286 g/mol. The Hall–Kier alpha value is -0.520. The molecular formula is C12H21F3O2S. The van der Waals surface area contributed by atoms with Gasteiger partial charge in [0, 0.05) is 4.91 Å². The van der Waals surface area contributed by atoms with Crippen molar-refractivity contribution < 1.29 is 21.6 Å². The summed E-state index contributed by atoms with van der Waals surface area (Å²) in [5.74, 6) is 0. The molecule has 0 radical (unpaired) electrons. The van der Waals surface area contributed by atoms with Crippen molar-refractivity contribution in [1.29, 1.82) is 0 Å². The minimum atomic E-state index is -5.22. The fourth-order valence-corrected chi connectivity index (χ4v) is 2.32. The highest BCUT2D eigenvalue weighted by Crippen LogP contribution is 2.30. The van der Waals surface area contributed by atoms with E-state index in [0.717, 1.165) is 38.5 Å². The van der Waals surface area contributed by atoms with Crippen LogP contribution in [0.15, 0.2) is 11.5 Å². The molecule has 0 saturated carbocycles. The molecule has 0 amide bonds. The summed E-state index contributed by atoms with van der Waals surface area (Å²) in [7, 11) is -5.17. The molecule has 0 heterocycles. The van der Waals surface area contributed by atoms with Crippen molar-refractivity contribution in [2.75, 3.05) is 0 Å². The number of hydrogen-bond donors (Lipinski definition) is 0. The maximum absolute atomic E-state index is 12.1. The number of sulfone groups is 1. The molecule has 0 atom stereocenters. The van der Waals surface area contributed by atoms with Gasteiger partial charge in [-0.1, -0.05) is 52.0 Å². The standard InChI is InChI=1S/C12H21F3O2S/c1-3-4-5-6-7-8-9-10-11(2)18(16,17)12(13,14)15/h2-10H2,1H3. The van der Waals surface area contributed by atoms with Gasteiger partial charge in [0.05, 0.1) is 0 Å². The van der Waals surface area contributed by atoms with Gasteiger partial charge in [-0.3, -0.25) is 0 Å². The van der Waals surface area contributed by atoms with Crippen LogP contribution in [0.4, 0.5) is 13.2 Å². The Balaban J connectivity index is 3.86. The zero-order chi connectivity index (χ0) is 14.2. The third-order valence-corrected chi connectivity index (χ3v) is 4.32. The van der Waals surface area contributed by atoms with E-state index in [9.17, 15) is 21.6 Å². The van der Waals surface area contributed by atoms with Gasteiger partial charge in [-0.25, -0.2) is 8.42 Å². The molecule has 6 heteroatoms. The van der Waals surface area contributed by atoms with Crippen LogP contribution in [0.3, 0.4) is 0 Å². The Morgan fingerprint density at radius 1 is 1.00 bits per heavy atom. The number of hydrogen-bond acceptors (Lipinski definition) is 2. The Morgan fingerprint density at radius 2 is 1.44 bits per heavy atom. The van der Waals surface area contributed by atoms with Crippen LogP contribution in [0.1, 0.15) is 58.3 Å². The molecule has 0 saturated heterocycles. The smallest absolute Gasteiger partial charge is 0.215 e. The van der Waals surface area contributed by atoms with Gasteiger partial charge in [-0.15, -0.1) is 0 Å². The molecule has 0 aliphatic heterocycles. The van der Waals surface area contributed by atoms with Gasteiger partial charge in [0.2, 0.25) is 0 Å². The average Bonchev–Trinajstić information content (AvgIpc) is 2.26. The highest BCUT2D eigenvalue weighted by Gasteiger charge is 2.46. The molecule has 0 spiro atoms. The highest BCUT2D eigenvalue weighted by molar-refractivity contribution is 7.96. The predicted octanol–water partition coefficient (Wildman–Crippen LogP) is 4.58. The third-order valence-electron chi connectivity index (χ3n) is 2.74. The quantitative estimate of drug-likeness (QED) is 0.582. The molecule has 0 aliphatic rings. The van der Waals surface area contributed by atoms with E-state index in [1.54, 1.807) is 0 Å². The van der Waals surface area contributed by atoms with Gasteiger partial charge in [0.1, 0.15) is 0 Å². The minimum absolute atomic E-state index is 0.102. The molecule has 0 unspecified atom stereocenters. The molecular weight excluding hydrogens is 265 g/mol. The summed E-state index contributed by atoms with van der Waals surface area (Å²) in [6, 6.07) is 0. The number of halogens is 3. The Morgan fingerprint density at radius 3 is 1.89 bits per heavy atom. The number of allylic oxidation sites excluding steroid dienone is 1. The van der Waals surface area contributed by atoms with E-state index in [2.05, 4.69) is 13.5 Å². The zero-order valence-corrected chi connectivity index (χ0v) is 11.5. The van der Waals surface area contributed by atoms with E-state index in [1.807, 2.05) is 0 Å². The van der Waals surface area contributed by atoms with Crippen molar-refractivity contribution >= 4 is 9.84 Å². The van der Waals surface area contributed by atoms with Crippen LogP contribution >= 0.6 is 0 Å². The SMILES string of the molecule is C=C(CCCCCCCCC)S(=O)(=O)C(F)(F)F. The third kappa shape index (κ3) is 5.89. The minimum Gasteiger partial charge on any atom is -0.215 e. The monoisotopic (exact) mass is 286 g/mol. The van der Waals surface area contributed by atoms with Gasteiger partial charge in [0.25, 0.3) is 9.84 Å². The lowest BCUT2D eigenvalue weighted by Gasteiger charge is -2.10. The molecule has 0 fully saturated rings. The van der Waals surface area contributed by atoms with Crippen LogP contribution < -0.4 is 0 Å². The van der Waals surface area contributed by atoms with Crippen molar-refractivity contribution in [3.8, 4) is 0 Å². The first-order chi connectivity index (χ1) is 8.23. The van der Waals surface area contributed by atoms with Crippen molar-refractivity contribution in [3.05, 3.63) is 11.5 Å². The molecule has 2 nitrogen and oxygen atoms in total. The fraction of sp³-hybridized carbons (Fsp3) is 0.833. The van der Waals surface area contributed by atoms with Gasteiger partial charge < -0.3 is 0 Å². The number of alkyl halides is 3. The Kier molecular flexibility index (Phi) is 7.59. The molecule has 0 aromatic rings. The second-order valence-electron chi connectivity index (χ2n) is 4.36. The summed E-state index contributed by atoms with van der Waals surface area (Å²) < 4.78 is 58.3. The van der Waals surface area contributed by atoms with Gasteiger partial charge in [-0.2, -0.15) is 13.2 Å². The summed E-state index contributed by atoms with van der Waals surface area (Å²) in [4.78, 5) is -0.719. The Bertz CT molecular complexity index is 345. The lowest BCUT2D eigenvalue weighted by Crippen LogP contribution is -2.24. The zero-order valence-electron chi connectivity index (χ0n) is 10.7. The normalized spacial score (nSPS) is 12.7. The van der Waals surface area contributed by atoms with E-state index in [1.165, 1.54) is 0 Å². The van der Waals surface area contributed by atoms with Crippen molar-refractivity contribution in [3.63, 3.8) is 0 Å². The second-order valence-corrected chi connectivity index (χ2v) is 6.41. The van der Waals surface area contributed by atoms with E-state index in [4.69, 9.17) is 0 Å². The lowest BCUT2D eigenvalue weighted by molar-refractivity contribution is -0.0427. The van der Waals surface area contributed by atoms with Crippen molar-refractivity contribution in [1.82, 2.24) is 0 Å². The van der Waals surface area contributed by atoms with Crippen LogP contribution in [0.25, 0.3) is 0 Å². The van der Waals surface area contributed by atoms with Crippen LogP contribution in [0, 0.1) is 0 Å². The summed E-state index contributed by atoms with van der Waals surface area (Å²) in [5, 5.41) is 0. The molecule has 0 bridgehead atoms. The summed E-state index contributed by atoms with van der Waals surface area (Å²) in [6.07, 6.45) is 6.49. The summed E-state index contributed by atoms with van der Waals surface area (Å²) >= 11 is 0. The fourth-order valence-electron chi connectivity index (χ4n) is 1.58. The maximum Gasteiger partial charge on any atom is 0.501 e. The van der Waals surface area contributed by atoms with Gasteiger partial charge in [-0.05, 0) is 12.8 Å². The van der Waals surface area contributed by atoms with Crippen LogP contribution in [0.5, 0.6) is 0 Å². The first-order valence-electron chi connectivity index (χ1n) is 6.22. The van der Waals surface area contributed by atoms with Crippen LogP contribution in [-0.2, 0) is 9.84 Å². The molecule has 108 valence electrons. The van der Waals surface area contributed by atoms with E-state index in [0.29, 0.717) is 6.42 Å². The molecule has 0 rings (SSSR count). The molecule has 0 N–H and O–H groups in total. The summed E-state index contributed by atoms with van der Waals surface area (Å²) in [6.45, 7) is 5.14. The highest BCUT2D eigenvalue weighted by atomic mass is 32.2. The first kappa shape index (κ1) is 17.5. The largest absolute Gasteiger partial charge is 0.501 e. The van der Waals surface area contributed by atoms with Crippen LogP contribution in [0.2, 0.25) is 0 Å². The molecule has 0 aromatic carbocycles. The van der Waals surface area contributed by atoms with Crippen molar-refractivity contribution in [2.45, 2.75) is 63.8 Å². The van der Waals surface area contributed by atoms with Crippen molar-refractivity contribution in [2.24, 2.45) is 0 Å². The topological polar surface area (TPSA) is 34.1 Å². The molecule has 18 heavy (non-hydrogen) atoms. The van der Waals surface area contributed by atoms with E-state index >= 15 is 0 Å². The van der Waals surface area contributed by atoms with E-state index in [-0.39, 0.29) is 6.42 Å².